The summed E-state index contributed by atoms with van der Waals surface area (Å²) >= 11 is 0. The molecule has 1 aliphatic rings. The molecule has 2 heterocycles. The number of carbonyl (C=O) groups excluding carboxylic acids is 1. The number of aromatic amines is 1. The number of aromatic nitrogens is 2. The molecule has 3 N–H and O–H groups in total. The van der Waals surface area contributed by atoms with Crippen LogP contribution < -0.4 is 16.2 Å². The summed E-state index contributed by atoms with van der Waals surface area (Å²) < 4.78 is 5.01. The van der Waals surface area contributed by atoms with Gasteiger partial charge in [0.2, 0.25) is 0 Å². The van der Waals surface area contributed by atoms with Crippen molar-refractivity contribution in [1.82, 2.24) is 9.97 Å². The monoisotopic (exact) mass is 266 g/mol. The van der Waals surface area contributed by atoms with Crippen LogP contribution in [0.2, 0.25) is 0 Å². The number of hydrogen-bond donors (Lipinski definition) is 2. The van der Waals surface area contributed by atoms with E-state index in [1.807, 2.05) is 4.90 Å². The minimum absolute atomic E-state index is 0.0700. The van der Waals surface area contributed by atoms with E-state index in [0.717, 1.165) is 0 Å². The van der Waals surface area contributed by atoms with Crippen molar-refractivity contribution in [2.45, 2.75) is 19.8 Å². The maximum Gasteiger partial charge on any atom is 0.309 e. The van der Waals surface area contributed by atoms with Crippen molar-refractivity contribution in [3.63, 3.8) is 0 Å². The Morgan fingerprint density at radius 3 is 2.89 bits per heavy atom. The first-order chi connectivity index (χ1) is 9.13. The van der Waals surface area contributed by atoms with Crippen molar-refractivity contribution < 1.29 is 9.53 Å². The van der Waals surface area contributed by atoms with Crippen LogP contribution in [-0.2, 0) is 9.53 Å². The molecule has 0 aliphatic carbocycles. The van der Waals surface area contributed by atoms with E-state index in [-0.39, 0.29) is 23.1 Å². The zero-order valence-electron chi connectivity index (χ0n) is 10.9. The summed E-state index contributed by atoms with van der Waals surface area (Å²) in [6.45, 7) is 3.49. The Morgan fingerprint density at radius 1 is 1.58 bits per heavy atom. The van der Waals surface area contributed by atoms with E-state index in [9.17, 15) is 9.59 Å². The molecule has 0 amide bonds. The number of ether oxygens (including phenoxy) is 1. The van der Waals surface area contributed by atoms with Crippen molar-refractivity contribution in [3.8, 4) is 0 Å². The third-order valence-corrected chi connectivity index (χ3v) is 3.28. The molecule has 0 radical (unpaired) electrons. The molecular formula is C12H18N4O3. The van der Waals surface area contributed by atoms with E-state index < -0.39 is 0 Å². The van der Waals surface area contributed by atoms with Crippen molar-refractivity contribution in [2.75, 3.05) is 30.3 Å². The van der Waals surface area contributed by atoms with Crippen molar-refractivity contribution in [3.05, 3.63) is 16.7 Å². The summed E-state index contributed by atoms with van der Waals surface area (Å²) in [6.07, 6.45) is 2.71. The van der Waals surface area contributed by atoms with E-state index in [4.69, 9.17) is 10.5 Å². The molecular weight excluding hydrogens is 248 g/mol. The maximum absolute atomic E-state index is 11.6. The largest absolute Gasteiger partial charge is 0.466 e. The lowest BCUT2D eigenvalue weighted by molar-refractivity contribution is -0.148. The van der Waals surface area contributed by atoms with E-state index >= 15 is 0 Å². The Labute approximate surface area is 110 Å². The van der Waals surface area contributed by atoms with Crippen LogP contribution in [0.25, 0.3) is 0 Å². The molecule has 0 aromatic carbocycles. The molecule has 7 nitrogen and oxygen atoms in total. The summed E-state index contributed by atoms with van der Waals surface area (Å²) in [7, 11) is 0. The minimum Gasteiger partial charge on any atom is -0.466 e. The highest BCUT2D eigenvalue weighted by molar-refractivity contribution is 5.73. The van der Waals surface area contributed by atoms with Crippen LogP contribution in [0, 0.1) is 5.92 Å². The second kappa shape index (κ2) is 5.73. The van der Waals surface area contributed by atoms with Gasteiger partial charge in [0.05, 0.1) is 18.9 Å². The molecule has 0 atom stereocenters. The van der Waals surface area contributed by atoms with E-state index in [1.54, 1.807) is 6.92 Å². The smallest absolute Gasteiger partial charge is 0.309 e. The molecule has 104 valence electrons. The summed E-state index contributed by atoms with van der Waals surface area (Å²) in [6, 6.07) is 0. The Bertz CT molecular complexity index is 506. The Kier molecular flexibility index (Phi) is 4.03. The Balaban J connectivity index is 2.02. The van der Waals surface area contributed by atoms with Gasteiger partial charge in [0.1, 0.15) is 5.69 Å². The maximum atomic E-state index is 11.6. The second-order valence-corrected chi connectivity index (χ2v) is 4.48. The van der Waals surface area contributed by atoms with Crippen LogP contribution in [-0.4, -0.2) is 35.6 Å². The number of anilines is 2. The molecule has 2 rings (SSSR count). The summed E-state index contributed by atoms with van der Waals surface area (Å²) in [5.41, 5.74) is 5.50. The molecule has 1 saturated heterocycles. The van der Waals surface area contributed by atoms with Crippen LogP contribution >= 0.6 is 0 Å². The second-order valence-electron chi connectivity index (χ2n) is 4.48. The molecule has 1 aromatic heterocycles. The average molecular weight is 266 g/mol. The number of hydrogen-bond acceptors (Lipinski definition) is 6. The van der Waals surface area contributed by atoms with Gasteiger partial charge in [-0.2, -0.15) is 0 Å². The van der Waals surface area contributed by atoms with Gasteiger partial charge in [-0.15, -0.1) is 0 Å². The molecule has 1 fully saturated rings. The van der Waals surface area contributed by atoms with Crippen LogP contribution in [0.5, 0.6) is 0 Å². The number of nitrogens with two attached hydrogens (primary N) is 1. The number of H-pyrrole nitrogens is 1. The average Bonchev–Trinajstić information content (AvgIpc) is 2.42. The minimum atomic E-state index is -0.336. The lowest BCUT2D eigenvalue weighted by atomic mass is 9.97. The fourth-order valence-electron chi connectivity index (χ4n) is 2.24. The molecule has 1 aliphatic heterocycles. The van der Waals surface area contributed by atoms with Gasteiger partial charge in [0.25, 0.3) is 5.56 Å². The van der Waals surface area contributed by atoms with E-state index in [2.05, 4.69) is 9.97 Å². The SMILES string of the molecule is CCOC(=O)C1CCN(c2nc[nH]c(=O)c2N)CC1. The fraction of sp³-hybridized carbons (Fsp3) is 0.583. The molecule has 0 saturated carbocycles. The molecule has 7 heteroatoms. The number of nitrogens with one attached hydrogen (secondary N) is 1. The number of piperidine rings is 1. The van der Waals surface area contributed by atoms with Gasteiger partial charge in [0.15, 0.2) is 5.82 Å². The van der Waals surface area contributed by atoms with Gasteiger partial charge in [0, 0.05) is 13.1 Å². The molecule has 19 heavy (non-hydrogen) atoms. The first-order valence-corrected chi connectivity index (χ1v) is 6.38. The third kappa shape index (κ3) is 2.86. The van der Waals surface area contributed by atoms with E-state index in [1.165, 1.54) is 6.33 Å². The highest BCUT2D eigenvalue weighted by Crippen LogP contribution is 2.24. The van der Waals surface area contributed by atoms with Gasteiger partial charge in [-0.3, -0.25) is 9.59 Å². The topological polar surface area (TPSA) is 101 Å². The quantitative estimate of drug-likeness (QED) is 0.754. The van der Waals surface area contributed by atoms with E-state index in [0.29, 0.717) is 38.4 Å². The zero-order chi connectivity index (χ0) is 13.8. The standard InChI is InChI=1S/C12H18N4O3/c1-2-19-12(18)8-3-5-16(6-4-8)10-9(13)11(17)15-7-14-10/h7-8H,2-6,13H2,1H3,(H,14,15,17). The predicted molar refractivity (Wildman–Crippen MR) is 70.8 cm³/mol. The molecule has 0 bridgehead atoms. The first-order valence-electron chi connectivity index (χ1n) is 6.38. The van der Waals surface area contributed by atoms with Gasteiger partial charge in [-0.25, -0.2) is 4.98 Å². The van der Waals surface area contributed by atoms with Crippen LogP contribution in [0.4, 0.5) is 11.5 Å². The highest BCUT2D eigenvalue weighted by atomic mass is 16.5. The van der Waals surface area contributed by atoms with Crippen LogP contribution in [0.1, 0.15) is 19.8 Å². The lowest BCUT2D eigenvalue weighted by Crippen LogP contribution is -2.38. The number of rotatable bonds is 3. The molecule has 0 spiro atoms. The van der Waals surface area contributed by atoms with Crippen LogP contribution in [0.15, 0.2) is 11.1 Å². The molecule has 0 unspecified atom stereocenters. The van der Waals surface area contributed by atoms with Gasteiger partial charge < -0.3 is 20.4 Å². The van der Waals surface area contributed by atoms with Gasteiger partial charge >= 0.3 is 5.97 Å². The lowest BCUT2D eigenvalue weighted by Gasteiger charge is -2.31. The fourth-order valence-corrected chi connectivity index (χ4v) is 2.24. The van der Waals surface area contributed by atoms with Gasteiger partial charge in [-0.1, -0.05) is 0 Å². The summed E-state index contributed by atoms with van der Waals surface area (Å²) in [5.74, 6) is 0.277. The number of nitrogens with zero attached hydrogens (tertiary/aromatic N) is 2. The first kappa shape index (κ1) is 13.4. The summed E-state index contributed by atoms with van der Waals surface area (Å²) in [4.78, 5) is 31.5. The Hall–Kier alpha value is -2.05. The number of carbonyl (C=O) groups is 1. The summed E-state index contributed by atoms with van der Waals surface area (Å²) in [5, 5.41) is 0. The Morgan fingerprint density at radius 2 is 2.26 bits per heavy atom. The number of nitrogen functional groups attached to an aromatic ring is 1. The van der Waals surface area contributed by atoms with Crippen molar-refractivity contribution in [1.29, 1.82) is 0 Å². The predicted octanol–water partition coefficient (Wildman–Crippen LogP) is 0.132. The van der Waals surface area contributed by atoms with Crippen molar-refractivity contribution >= 4 is 17.5 Å². The number of esters is 1. The highest BCUT2D eigenvalue weighted by Gasteiger charge is 2.27. The third-order valence-electron chi connectivity index (χ3n) is 3.28. The zero-order valence-corrected chi connectivity index (χ0v) is 10.9. The normalized spacial score (nSPS) is 16.4. The van der Waals surface area contributed by atoms with Gasteiger partial charge in [-0.05, 0) is 19.8 Å². The van der Waals surface area contributed by atoms with Crippen LogP contribution in [0.3, 0.4) is 0 Å². The van der Waals surface area contributed by atoms with Crippen molar-refractivity contribution in [2.24, 2.45) is 5.92 Å². The molecule has 1 aromatic rings.